The van der Waals surface area contributed by atoms with Crippen molar-refractivity contribution in [3.63, 3.8) is 0 Å². The van der Waals surface area contributed by atoms with Gasteiger partial charge in [0.15, 0.2) is 0 Å². The average Bonchev–Trinajstić information content (AvgIpc) is 2.37. The highest BCUT2D eigenvalue weighted by Crippen LogP contribution is 2.12. The Morgan fingerprint density at radius 2 is 2.06 bits per heavy atom. The van der Waals surface area contributed by atoms with Crippen molar-refractivity contribution in [3.8, 4) is 0 Å². The van der Waals surface area contributed by atoms with Crippen LogP contribution in [0.5, 0.6) is 0 Å². The molecule has 106 valence electrons. The molecule has 1 amide bonds. The van der Waals surface area contributed by atoms with Crippen molar-refractivity contribution in [1.29, 1.82) is 0 Å². The summed E-state index contributed by atoms with van der Waals surface area (Å²) in [6.07, 6.45) is 3.17. The minimum atomic E-state index is -0.996. The number of piperidine rings is 1. The van der Waals surface area contributed by atoms with Crippen molar-refractivity contribution in [2.75, 3.05) is 20.1 Å². The van der Waals surface area contributed by atoms with Gasteiger partial charge in [0.1, 0.15) is 12.1 Å². The van der Waals surface area contributed by atoms with Gasteiger partial charge >= 0.3 is 0 Å². The Balaban J connectivity index is 2.37. The predicted octanol–water partition coefficient (Wildman–Crippen LogP) is 0.109. The van der Waals surface area contributed by atoms with Crippen LogP contribution in [0.1, 0.15) is 39.0 Å². The normalized spacial score (nSPS) is 28.1. The molecule has 1 rings (SSSR count). The summed E-state index contributed by atoms with van der Waals surface area (Å²) in [4.78, 5) is 13.8. The van der Waals surface area contributed by atoms with Crippen molar-refractivity contribution in [2.45, 2.75) is 57.3 Å². The standard InChI is InChI=1S/C13H26N2O3/c1-3-4-5-6-9-15(2)13(18)11-12(17)10(16)7-8-14-11/h10-12,14,16-17H,3-9H2,1-2H3/t10-,11-,12-/m0/s1. The lowest BCUT2D eigenvalue weighted by molar-refractivity contribution is -0.139. The van der Waals surface area contributed by atoms with E-state index in [0.717, 1.165) is 12.8 Å². The molecule has 0 radical (unpaired) electrons. The van der Waals surface area contributed by atoms with Gasteiger partial charge in [-0.15, -0.1) is 0 Å². The highest BCUT2D eigenvalue weighted by molar-refractivity contribution is 5.82. The second-order valence-electron chi connectivity index (χ2n) is 5.10. The van der Waals surface area contributed by atoms with E-state index in [9.17, 15) is 15.0 Å². The Hall–Kier alpha value is -0.650. The van der Waals surface area contributed by atoms with Gasteiger partial charge in [0, 0.05) is 13.6 Å². The number of hydrogen-bond donors (Lipinski definition) is 3. The molecule has 1 saturated heterocycles. The van der Waals surface area contributed by atoms with E-state index in [0.29, 0.717) is 19.5 Å². The van der Waals surface area contributed by atoms with Crippen molar-refractivity contribution in [2.24, 2.45) is 0 Å². The van der Waals surface area contributed by atoms with E-state index in [1.807, 2.05) is 0 Å². The molecule has 0 aliphatic carbocycles. The number of aliphatic hydroxyl groups is 2. The lowest BCUT2D eigenvalue weighted by atomic mass is 9.97. The fourth-order valence-corrected chi connectivity index (χ4v) is 2.26. The lowest BCUT2D eigenvalue weighted by Gasteiger charge is -2.34. The largest absolute Gasteiger partial charge is 0.390 e. The third kappa shape index (κ3) is 4.23. The van der Waals surface area contributed by atoms with Crippen LogP contribution in [-0.2, 0) is 4.79 Å². The zero-order valence-corrected chi connectivity index (χ0v) is 11.4. The van der Waals surface area contributed by atoms with E-state index in [1.165, 1.54) is 12.8 Å². The highest BCUT2D eigenvalue weighted by atomic mass is 16.3. The van der Waals surface area contributed by atoms with E-state index in [-0.39, 0.29) is 5.91 Å². The Labute approximate surface area is 109 Å². The molecule has 1 aliphatic rings. The average molecular weight is 258 g/mol. The second kappa shape index (κ2) is 7.71. The first-order valence-corrected chi connectivity index (χ1v) is 6.92. The molecule has 0 bridgehead atoms. The Bertz CT molecular complexity index is 261. The maximum atomic E-state index is 12.1. The quantitative estimate of drug-likeness (QED) is 0.591. The third-order valence-electron chi connectivity index (χ3n) is 3.53. The summed E-state index contributed by atoms with van der Waals surface area (Å²) >= 11 is 0. The highest BCUT2D eigenvalue weighted by Gasteiger charge is 2.36. The summed E-state index contributed by atoms with van der Waals surface area (Å²) in [5, 5.41) is 22.4. The van der Waals surface area contributed by atoms with Gasteiger partial charge in [-0.05, 0) is 19.4 Å². The van der Waals surface area contributed by atoms with Crippen LogP contribution in [0, 0.1) is 0 Å². The van der Waals surface area contributed by atoms with Crippen LogP contribution >= 0.6 is 0 Å². The van der Waals surface area contributed by atoms with Gasteiger partial charge in [-0.3, -0.25) is 4.79 Å². The van der Waals surface area contributed by atoms with Crippen LogP contribution in [0.3, 0.4) is 0 Å². The van der Waals surface area contributed by atoms with E-state index in [2.05, 4.69) is 12.2 Å². The van der Waals surface area contributed by atoms with E-state index in [1.54, 1.807) is 11.9 Å². The van der Waals surface area contributed by atoms with Gasteiger partial charge in [0.05, 0.1) is 6.10 Å². The number of likely N-dealkylation sites (N-methyl/N-ethyl adjacent to an activating group) is 1. The maximum absolute atomic E-state index is 12.1. The summed E-state index contributed by atoms with van der Waals surface area (Å²) in [7, 11) is 1.75. The number of unbranched alkanes of at least 4 members (excludes halogenated alkanes) is 3. The number of aliphatic hydroxyl groups excluding tert-OH is 2. The molecule has 0 aromatic carbocycles. The van der Waals surface area contributed by atoms with E-state index < -0.39 is 18.2 Å². The second-order valence-corrected chi connectivity index (χ2v) is 5.10. The molecule has 0 aromatic heterocycles. The number of amides is 1. The Morgan fingerprint density at radius 1 is 1.33 bits per heavy atom. The number of carbonyl (C=O) groups excluding carboxylic acids is 1. The van der Waals surface area contributed by atoms with Crippen LogP contribution in [-0.4, -0.2) is 59.4 Å². The summed E-state index contributed by atoms with van der Waals surface area (Å²) < 4.78 is 0. The topological polar surface area (TPSA) is 72.8 Å². The summed E-state index contributed by atoms with van der Waals surface area (Å²) in [5.74, 6) is -0.127. The number of nitrogens with one attached hydrogen (secondary N) is 1. The molecule has 0 unspecified atom stereocenters. The zero-order valence-electron chi connectivity index (χ0n) is 11.4. The number of carbonyl (C=O) groups is 1. The van der Waals surface area contributed by atoms with Gasteiger partial charge in [0.2, 0.25) is 5.91 Å². The molecule has 3 atom stereocenters. The van der Waals surface area contributed by atoms with E-state index in [4.69, 9.17) is 0 Å². The Morgan fingerprint density at radius 3 is 2.72 bits per heavy atom. The van der Waals surface area contributed by atoms with Crippen LogP contribution in [0.4, 0.5) is 0 Å². The summed E-state index contributed by atoms with van der Waals surface area (Å²) in [6.45, 7) is 3.43. The summed E-state index contributed by atoms with van der Waals surface area (Å²) in [6, 6.07) is -0.662. The predicted molar refractivity (Wildman–Crippen MR) is 70.2 cm³/mol. The van der Waals surface area contributed by atoms with Crippen LogP contribution in [0.2, 0.25) is 0 Å². The minimum Gasteiger partial charge on any atom is -0.390 e. The molecule has 5 heteroatoms. The molecule has 3 N–H and O–H groups in total. The molecular weight excluding hydrogens is 232 g/mol. The van der Waals surface area contributed by atoms with Gasteiger partial charge in [-0.2, -0.15) is 0 Å². The van der Waals surface area contributed by atoms with Crippen molar-refractivity contribution < 1.29 is 15.0 Å². The number of rotatable bonds is 6. The number of nitrogens with zero attached hydrogens (tertiary/aromatic N) is 1. The van der Waals surface area contributed by atoms with Crippen molar-refractivity contribution >= 4 is 5.91 Å². The van der Waals surface area contributed by atoms with Gasteiger partial charge < -0.3 is 20.4 Å². The molecule has 1 aliphatic heterocycles. The monoisotopic (exact) mass is 258 g/mol. The lowest BCUT2D eigenvalue weighted by Crippen LogP contribution is -2.59. The maximum Gasteiger partial charge on any atom is 0.242 e. The minimum absolute atomic E-state index is 0.127. The van der Waals surface area contributed by atoms with Crippen LogP contribution < -0.4 is 5.32 Å². The molecule has 0 spiro atoms. The fraction of sp³-hybridized carbons (Fsp3) is 0.923. The molecular formula is C13H26N2O3. The van der Waals surface area contributed by atoms with Gasteiger partial charge in [-0.25, -0.2) is 0 Å². The SMILES string of the molecule is CCCCCCN(C)C(=O)[C@H]1NCC[C@H](O)[C@@H]1O. The molecule has 5 nitrogen and oxygen atoms in total. The first-order chi connectivity index (χ1) is 8.57. The van der Waals surface area contributed by atoms with Crippen molar-refractivity contribution in [1.82, 2.24) is 10.2 Å². The Kier molecular flexibility index (Phi) is 6.60. The zero-order chi connectivity index (χ0) is 13.5. The first kappa shape index (κ1) is 15.4. The smallest absolute Gasteiger partial charge is 0.242 e. The molecule has 0 aromatic rings. The van der Waals surface area contributed by atoms with Crippen LogP contribution in [0.25, 0.3) is 0 Å². The van der Waals surface area contributed by atoms with Gasteiger partial charge in [-0.1, -0.05) is 26.2 Å². The summed E-state index contributed by atoms with van der Waals surface area (Å²) in [5.41, 5.74) is 0. The fourth-order valence-electron chi connectivity index (χ4n) is 2.26. The van der Waals surface area contributed by atoms with Crippen LogP contribution in [0.15, 0.2) is 0 Å². The van der Waals surface area contributed by atoms with Crippen molar-refractivity contribution in [3.05, 3.63) is 0 Å². The van der Waals surface area contributed by atoms with Gasteiger partial charge in [0.25, 0.3) is 0 Å². The third-order valence-corrected chi connectivity index (χ3v) is 3.53. The first-order valence-electron chi connectivity index (χ1n) is 6.92. The van der Waals surface area contributed by atoms with E-state index >= 15 is 0 Å². The molecule has 1 heterocycles. The number of hydrogen-bond acceptors (Lipinski definition) is 4. The molecule has 18 heavy (non-hydrogen) atoms. The molecule has 0 saturated carbocycles. The molecule has 1 fully saturated rings.